The molecule has 0 bridgehead atoms. The summed E-state index contributed by atoms with van der Waals surface area (Å²) in [6, 6.07) is 10.4. The second-order valence-corrected chi connectivity index (χ2v) is 4.84. The van der Waals surface area contributed by atoms with Crippen LogP contribution in [0.3, 0.4) is 0 Å². The quantitative estimate of drug-likeness (QED) is 0.851. The molecule has 1 aliphatic heterocycles. The zero-order valence-corrected chi connectivity index (χ0v) is 10.6. The van der Waals surface area contributed by atoms with Gasteiger partial charge in [0, 0.05) is 25.5 Å². The van der Waals surface area contributed by atoms with Gasteiger partial charge in [-0.25, -0.2) is 4.79 Å². The van der Waals surface area contributed by atoms with E-state index < -0.39 is 6.09 Å². The third-order valence-electron chi connectivity index (χ3n) is 3.63. The minimum Gasteiger partial charge on any atom is -0.465 e. The average molecular weight is 256 g/mol. The van der Waals surface area contributed by atoms with Crippen molar-refractivity contribution in [3.8, 4) is 0 Å². The predicted molar refractivity (Wildman–Crippen MR) is 75.0 cm³/mol. The minimum absolute atomic E-state index is 0.598. The summed E-state index contributed by atoms with van der Waals surface area (Å²) in [5.41, 5.74) is 2.49. The van der Waals surface area contributed by atoms with Gasteiger partial charge >= 0.3 is 6.09 Å². The van der Waals surface area contributed by atoms with Gasteiger partial charge < -0.3 is 14.6 Å². The number of aromatic nitrogens is 1. The van der Waals surface area contributed by atoms with Crippen LogP contribution in [0.15, 0.2) is 42.1 Å². The Morgan fingerprint density at radius 3 is 2.63 bits per heavy atom. The number of fused-ring (bicyclic) bond motifs is 1. The third kappa shape index (κ3) is 2.34. The van der Waals surface area contributed by atoms with Gasteiger partial charge in [-0.2, -0.15) is 0 Å². The van der Waals surface area contributed by atoms with Crippen LogP contribution in [0.4, 0.5) is 4.79 Å². The summed E-state index contributed by atoms with van der Waals surface area (Å²) in [5, 5.41) is 10.1. The van der Waals surface area contributed by atoms with Gasteiger partial charge in [-0.1, -0.05) is 23.8 Å². The van der Waals surface area contributed by atoms with Crippen LogP contribution in [-0.4, -0.2) is 33.8 Å². The van der Waals surface area contributed by atoms with E-state index in [1.807, 2.05) is 12.1 Å². The number of benzene rings is 1. The van der Waals surface area contributed by atoms with Crippen molar-refractivity contribution in [1.82, 2.24) is 9.47 Å². The number of carbonyl (C=O) groups is 1. The monoisotopic (exact) mass is 256 g/mol. The average Bonchev–Trinajstić information content (AvgIpc) is 2.83. The maximum Gasteiger partial charge on any atom is 0.407 e. The summed E-state index contributed by atoms with van der Waals surface area (Å²) in [6.45, 7) is 1.20. The summed E-state index contributed by atoms with van der Waals surface area (Å²) >= 11 is 0. The first-order chi connectivity index (χ1) is 9.24. The fourth-order valence-electron chi connectivity index (χ4n) is 2.53. The highest BCUT2D eigenvalue weighted by molar-refractivity contribution is 5.82. The van der Waals surface area contributed by atoms with Crippen LogP contribution in [0.5, 0.6) is 0 Å². The minimum atomic E-state index is -0.814. The molecule has 0 saturated carbocycles. The molecule has 0 atom stereocenters. The Balaban J connectivity index is 1.81. The molecule has 1 aliphatic rings. The van der Waals surface area contributed by atoms with Gasteiger partial charge in [0.1, 0.15) is 0 Å². The predicted octanol–water partition coefficient (Wildman–Crippen LogP) is 3.26. The first kappa shape index (κ1) is 11.8. The highest BCUT2D eigenvalue weighted by Crippen LogP contribution is 2.21. The van der Waals surface area contributed by atoms with E-state index in [1.54, 1.807) is 0 Å². The van der Waals surface area contributed by atoms with E-state index in [4.69, 9.17) is 5.11 Å². The largest absolute Gasteiger partial charge is 0.465 e. The standard InChI is InChI=1S/C15H16N2O2/c18-15(19)16-8-5-12(6-9-16)11-17-10-7-13-3-1-2-4-14(13)17/h1-4,7,10-11H,5-6,8-9H2,(H,18,19). The molecule has 1 amide bonds. The second-order valence-electron chi connectivity index (χ2n) is 4.84. The first-order valence-corrected chi connectivity index (χ1v) is 6.47. The molecule has 1 saturated heterocycles. The van der Waals surface area contributed by atoms with Crippen molar-refractivity contribution in [2.45, 2.75) is 12.8 Å². The van der Waals surface area contributed by atoms with Crippen molar-refractivity contribution < 1.29 is 9.90 Å². The van der Waals surface area contributed by atoms with Gasteiger partial charge in [0.15, 0.2) is 0 Å². The molecule has 1 aromatic heterocycles. The number of hydrogen-bond acceptors (Lipinski definition) is 1. The van der Waals surface area contributed by atoms with E-state index in [0.29, 0.717) is 13.1 Å². The summed E-state index contributed by atoms with van der Waals surface area (Å²) in [7, 11) is 0. The van der Waals surface area contributed by atoms with Crippen LogP contribution in [0.25, 0.3) is 17.1 Å². The maximum atomic E-state index is 10.9. The number of nitrogens with zero attached hydrogens (tertiary/aromatic N) is 2. The lowest BCUT2D eigenvalue weighted by Gasteiger charge is -2.25. The molecule has 1 aromatic carbocycles. The van der Waals surface area contributed by atoms with Crippen LogP contribution >= 0.6 is 0 Å². The Morgan fingerprint density at radius 2 is 1.89 bits per heavy atom. The number of carboxylic acid groups (broad SMARTS) is 1. The summed E-state index contributed by atoms with van der Waals surface area (Å²) in [6.07, 6.45) is 5.02. The molecule has 2 aromatic rings. The molecule has 3 rings (SSSR count). The molecular formula is C15H16N2O2. The molecule has 4 heteroatoms. The van der Waals surface area contributed by atoms with Crippen LogP contribution in [-0.2, 0) is 0 Å². The van der Waals surface area contributed by atoms with Crippen molar-refractivity contribution in [2.24, 2.45) is 0 Å². The SMILES string of the molecule is O=C(O)N1CCC(=Cn2ccc3ccccc32)CC1. The Kier molecular flexibility index (Phi) is 2.99. The van der Waals surface area contributed by atoms with Gasteiger partial charge in [0.2, 0.25) is 0 Å². The highest BCUT2D eigenvalue weighted by Gasteiger charge is 2.17. The van der Waals surface area contributed by atoms with E-state index in [0.717, 1.165) is 12.8 Å². The zero-order chi connectivity index (χ0) is 13.2. The zero-order valence-electron chi connectivity index (χ0n) is 10.6. The number of piperidine rings is 1. The van der Waals surface area contributed by atoms with Crippen molar-refractivity contribution in [3.05, 3.63) is 42.1 Å². The Morgan fingerprint density at radius 1 is 1.16 bits per heavy atom. The Hall–Kier alpha value is -2.23. The summed E-state index contributed by atoms with van der Waals surface area (Å²) in [4.78, 5) is 12.3. The number of likely N-dealkylation sites (tertiary alicyclic amines) is 1. The topological polar surface area (TPSA) is 45.5 Å². The van der Waals surface area contributed by atoms with Crippen molar-refractivity contribution in [1.29, 1.82) is 0 Å². The molecule has 98 valence electrons. The lowest BCUT2D eigenvalue weighted by atomic mass is 10.1. The molecule has 0 aliphatic carbocycles. The van der Waals surface area contributed by atoms with Crippen LogP contribution in [0, 0.1) is 0 Å². The van der Waals surface area contributed by atoms with E-state index in [9.17, 15) is 4.79 Å². The van der Waals surface area contributed by atoms with E-state index in [2.05, 4.69) is 35.2 Å². The molecule has 1 N–H and O–H groups in total. The summed E-state index contributed by atoms with van der Waals surface area (Å²) < 4.78 is 2.13. The van der Waals surface area contributed by atoms with E-state index in [-0.39, 0.29) is 0 Å². The number of amides is 1. The number of para-hydroxylation sites is 1. The van der Waals surface area contributed by atoms with Crippen LogP contribution < -0.4 is 0 Å². The molecule has 0 radical (unpaired) electrons. The fraction of sp³-hybridized carbons (Fsp3) is 0.267. The van der Waals surface area contributed by atoms with Crippen LogP contribution in [0.2, 0.25) is 0 Å². The molecular weight excluding hydrogens is 240 g/mol. The van der Waals surface area contributed by atoms with Crippen molar-refractivity contribution in [3.63, 3.8) is 0 Å². The highest BCUT2D eigenvalue weighted by atomic mass is 16.4. The lowest BCUT2D eigenvalue weighted by molar-refractivity contribution is 0.142. The van der Waals surface area contributed by atoms with E-state index in [1.165, 1.54) is 21.4 Å². The maximum absolute atomic E-state index is 10.9. The first-order valence-electron chi connectivity index (χ1n) is 6.47. The smallest absolute Gasteiger partial charge is 0.407 e. The van der Waals surface area contributed by atoms with Gasteiger partial charge in [0.05, 0.1) is 5.52 Å². The van der Waals surface area contributed by atoms with E-state index >= 15 is 0 Å². The van der Waals surface area contributed by atoms with Crippen LogP contribution in [0.1, 0.15) is 12.8 Å². The molecule has 0 spiro atoms. The molecule has 4 nitrogen and oxygen atoms in total. The van der Waals surface area contributed by atoms with Crippen molar-refractivity contribution in [2.75, 3.05) is 13.1 Å². The van der Waals surface area contributed by atoms with Gasteiger partial charge in [-0.05, 0) is 30.4 Å². The number of hydrogen-bond donors (Lipinski definition) is 1. The fourth-order valence-corrected chi connectivity index (χ4v) is 2.53. The molecule has 1 fully saturated rings. The molecule has 2 heterocycles. The normalized spacial score (nSPS) is 15.8. The Labute approximate surface area is 111 Å². The van der Waals surface area contributed by atoms with Gasteiger partial charge in [-0.3, -0.25) is 0 Å². The third-order valence-corrected chi connectivity index (χ3v) is 3.63. The van der Waals surface area contributed by atoms with Crippen molar-refractivity contribution >= 4 is 23.2 Å². The van der Waals surface area contributed by atoms with Gasteiger partial charge in [-0.15, -0.1) is 0 Å². The molecule has 0 unspecified atom stereocenters. The lowest BCUT2D eigenvalue weighted by Crippen LogP contribution is -2.35. The number of rotatable bonds is 1. The Bertz CT molecular complexity index is 632. The second kappa shape index (κ2) is 4.80. The van der Waals surface area contributed by atoms with Gasteiger partial charge in [0.25, 0.3) is 0 Å². The summed E-state index contributed by atoms with van der Waals surface area (Å²) in [5.74, 6) is 0. The molecule has 19 heavy (non-hydrogen) atoms.